The summed E-state index contributed by atoms with van der Waals surface area (Å²) < 4.78 is 1.87. The minimum atomic E-state index is -1.07. The second-order valence-corrected chi connectivity index (χ2v) is 9.61. The van der Waals surface area contributed by atoms with E-state index in [1.807, 2.05) is 32.4 Å². The number of hydrogen-bond acceptors (Lipinski definition) is 3. The van der Waals surface area contributed by atoms with E-state index >= 15 is 0 Å². The Balaban J connectivity index is 1.89. The molecule has 2 atom stereocenters. The second-order valence-electron chi connectivity index (χ2n) is 9.61. The van der Waals surface area contributed by atoms with Crippen molar-refractivity contribution in [3.63, 3.8) is 0 Å². The van der Waals surface area contributed by atoms with E-state index in [0.29, 0.717) is 25.0 Å². The minimum absolute atomic E-state index is 0.131. The molecule has 0 bridgehead atoms. The molecule has 2 N–H and O–H groups in total. The molecule has 2 heterocycles. The third-order valence-corrected chi connectivity index (χ3v) is 7.18. The van der Waals surface area contributed by atoms with Gasteiger partial charge in [0.1, 0.15) is 5.60 Å². The first kappa shape index (κ1) is 22.2. The average Bonchev–Trinajstić information content (AvgIpc) is 3.04. The van der Waals surface area contributed by atoms with Gasteiger partial charge in [0.15, 0.2) is 0 Å². The predicted molar refractivity (Wildman–Crippen MR) is 126 cm³/mol. The Morgan fingerprint density at radius 3 is 2.65 bits per heavy atom. The first-order chi connectivity index (χ1) is 14.8. The summed E-state index contributed by atoms with van der Waals surface area (Å²) in [5.74, 6) is 0.514. The van der Waals surface area contributed by atoms with E-state index < -0.39 is 5.60 Å². The number of nitrogens with one attached hydrogen (secondary N) is 1. The molecule has 0 unspecified atom stereocenters. The summed E-state index contributed by atoms with van der Waals surface area (Å²) in [5.41, 5.74) is 6.44. The van der Waals surface area contributed by atoms with Crippen molar-refractivity contribution >= 4 is 16.9 Å². The fourth-order valence-electron chi connectivity index (χ4n) is 5.93. The van der Waals surface area contributed by atoms with Gasteiger partial charge in [-0.1, -0.05) is 19.1 Å². The molecule has 1 aromatic heterocycles. The minimum Gasteiger partial charge on any atom is -0.384 e. The zero-order valence-corrected chi connectivity index (χ0v) is 19.7. The Morgan fingerprint density at radius 2 is 2.00 bits per heavy atom. The topological polar surface area (TPSA) is 60.7 Å². The molecule has 1 aliphatic carbocycles. The fourth-order valence-corrected chi connectivity index (χ4v) is 5.93. The number of carbonyl (C=O) groups excluding carboxylic acids is 1. The number of carbonyl (C=O) groups is 1. The number of benzene rings is 1. The Bertz CT molecular complexity index is 953. The van der Waals surface area contributed by atoms with Crippen molar-refractivity contribution in [1.82, 2.24) is 14.5 Å². The van der Waals surface area contributed by atoms with Gasteiger partial charge >= 0.3 is 6.03 Å². The first-order valence-electron chi connectivity index (χ1n) is 12.0. The molecule has 4 rings (SSSR count). The van der Waals surface area contributed by atoms with Crippen LogP contribution in [0.1, 0.15) is 76.6 Å². The second kappa shape index (κ2) is 8.47. The standard InChI is InChI=1S/C25H38N4O2/c1-6-14-28-15-10-12-17-18-11-9-13-20-22(18)19(16-21(17)28)23(25(4,5)31)29(20)26-24(30)27(7-2)8-3/h9,11,13,17,21,31H,6-8,10,12,14-16H2,1-5H3,(H,26,30)/t17-,21-/m1/s1. The lowest BCUT2D eigenvalue weighted by Gasteiger charge is -2.44. The SMILES string of the molecule is CCCN1CCC[C@@H]2c3cccc4c3c(c(C(C)(C)O)n4NC(=O)N(CC)CC)C[C@H]21. The van der Waals surface area contributed by atoms with E-state index in [1.165, 1.54) is 29.4 Å². The molecule has 0 saturated carbocycles. The normalized spacial score (nSPS) is 21.2. The van der Waals surface area contributed by atoms with E-state index in [1.54, 1.807) is 4.90 Å². The van der Waals surface area contributed by atoms with E-state index in [-0.39, 0.29) is 6.03 Å². The van der Waals surface area contributed by atoms with Crippen LogP contribution < -0.4 is 5.43 Å². The molecule has 2 aromatic rings. The van der Waals surface area contributed by atoms with Gasteiger partial charge in [0.2, 0.25) is 0 Å². The monoisotopic (exact) mass is 426 g/mol. The molecular formula is C25H38N4O2. The van der Waals surface area contributed by atoms with E-state index in [9.17, 15) is 9.90 Å². The van der Waals surface area contributed by atoms with Crippen LogP contribution in [0.2, 0.25) is 0 Å². The van der Waals surface area contributed by atoms with Gasteiger partial charge in [-0.2, -0.15) is 0 Å². The highest BCUT2D eigenvalue weighted by molar-refractivity contribution is 5.93. The molecule has 31 heavy (non-hydrogen) atoms. The number of piperidine rings is 1. The molecule has 6 nitrogen and oxygen atoms in total. The summed E-state index contributed by atoms with van der Waals surface area (Å²) in [7, 11) is 0. The van der Waals surface area contributed by atoms with Gasteiger partial charge in [-0.25, -0.2) is 10.2 Å². The van der Waals surface area contributed by atoms with Crippen LogP contribution in [0.4, 0.5) is 4.79 Å². The zero-order chi connectivity index (χ0) is 22.3. The van der Waals surface area contributed by atoms with Gasteiger partial charge in [-0.15, -0.1) is 0 Å². The molecule has 0 radical (unpaired) electrons. The predicted octanol–water partition coefficient (Wildman–Crippen LogP) is 4.39. The highest BCUT2D eigenvalue weighted by Gasteiger charge is 2.41. The summed E-state index contributed by atoms with van der Waals surface area (Å²) in [5, 5.41) is 12.5. The Hall–Kier alpha value is -2.05. The van der Waals surface area contributed by atoms with Crippen LogP contribution in [-0.4, -0.2) is 57.8 Å². The lowest BCUT2D eigenvalue weighted by molar-refractivity contribution is 0.0687. The maximum Gasteiger partial charge on any atom is 0.336 e. The Labute approximate surface area is 186 Å². The molecule has 6 heteroatoms. The molecule has 1 fully saturated rings. The summed E-state index contributed by atoms with van der Waals surface area (Å²) in [6.07, 6.45) is 4.51. The Morgan fingerprint density at radius 1 is 1.26 bits per heavy atom. The molecule has 1 aromatic carbocycles. The third-order valence-electron chi connectivity index (χ3n) is 7.18. The van der Waals surface area contributed by atoms with Crippen molar-refractivity contribution in [2.45, 2.75) is 77.9 Å². The number of rotatable bonds is 6. The van der Waals surface area contributed by atoms with Crippen LogP contribution in [0, 0.1) is 0 Å². The molecule has 170 valence electrons. The van der Waals surface area contributed by atoms with Gasteiger partial charge in [-0.3, -0.25) is 9.58 Å². The summed E-state index contributed by atoms with van der Waals surface area (Å²) >= 11 is 0. The lowest BCUT2D eigenvalue weighted by atomic mass is 9.74. The summed E-state index contributed by atoms with van der Waals surface area (Å²) in [6.45, 7) is 13.4. The van der Waals surface area contributed by atoms with Gasteiger partial charge in [0.05, 0.1) is 11.2 Å². The maximum absolute atomic E-state index is 13.0. The van der Waals surface area contributed by atoms with Crippen molar-refractivity contribution < 1.29 is 9.90 Å². The van der Waals surface area contributed by atoms with Gasteiger partial charge in [-0.05, 0) is 83.7 Å². The highest BCUT2D eigenvalue weighted by Crippen LogP contribution is 2.47. The first-order valence-corrected chi connectivity index (χ1v) is 12.0. The lowest BCUT2D eigenvalue weighted by Crippen LogP contribution is -2.47. The van der Waals surface area contributed by atoms with Crippen LogP contribution in [0.3, 0.4) is 0 Å². The zero-order valence-electron chi connectivity index (χ0n) is 19.7. The largest absolute Gasteiger partial charge is 0.384 e. The molecule has 1 aliphatic heterocycles. The van der Waals surface area contributed by atoms with E-state index in [2.05, 4.69) is 35.4 Å². The fraction of sp³-hybridized carbons (Fsp3) is 0.640. The smallest absolute Gasteiger partial charge is 0.336 e. The number of fused-ring (bicyclic) bond motifs is 2. The average molecular weight is 427 g/mol. The summed E-state index contributed by atoms with van der Waals surface area (Å²) in [6, 6.07) is 6.78. The Kier molecular flexibility index (Phi) is 6.05. The summed E-state index contributed by atoms with van der Waals surface area (Å²) in [4.78, 5) is 17.4. The van der Waals surface area contributed by atoms with Crippen LogP contribution in [0.25, 0.3) is 10.9 Å². The number of urea groups is 1. The van der Waals surface area contributed by atoms with E-state index in [4.69, 9.17) is 0 Å². The molecule has 2 aliphatic rings. The number of amides is 2. The number of hydrogen-bond donors (Lipinski definition) is 2. The van der Waals surface area contributed by atoms with Gasteiger partial charge < -0.3 is 10.0 Å². The van der Waals surface area contributed by atoms with Gasteiger partial charge in [0, 0.05) is 30.4 Å². The molecule has 0 spiro atoms. The number of nitrogens with zero attached hydrogens (tertiary/aromatic N) is 3. The van der Waals surface area contributed by atoms with Crippen molar-refractivity contribution in [1.29, 1.82) is 0 Å². The molecule has 1 saturated heterocycles. The molecule has 2 amide bonds. The van der Waals surface area contributed by atoms with Crippen LogP contribution in [0.15, 0.2) is 18.2 Å². The van der Waals surface area contributed by atoms with Crippen molar-refractivity contribution in [3.8, 4) is 0 Å². The van der Waals surface area contributed by atoms with Crippen molar-refractivity contribution in [2.75, 3.05) is 31.6 Å². The maximum atomic E-state index is 13.0. The number of likely N-dealkylation sites (tertiary alicyclic amines) is 1. The quantitative estimate of drug-likeness (QED) is 0.720. The van der Waals surface area contributed by atoms with Crippen LogP contribution >= 0.6 is 0 Å². The van der Waals surface area contributed by atoms with Crippen molar-refractivity contribution in [2.24, 2.45) is 0 Å². The molecular weight excluding hydrogens is 388 g/mol. The van der Waals surface area contributed by atoms with Crippen LogP contribution in [0.5, 0.6) is 0 Å². The van der Waals surface area contributed by atoms with Gasteiger partial charge in [0.25, 0.3) is 0 Å². The van der Waals surface area contributed by atoms with Crippen molar-refractivity contribution in [3.05, 3.63) is 35.0 Å². The van der Waals surface area contributed by atoms with E-state index in [0.717, 1.165) is 37.1 Å². The highest BCUT2D eigenvalue weighted by atomic mass is 16.3. The number of aliphatic hydroxyl groups is 1. The third kappa shape index (κ3) is 3.74. The van der Waals surface area contributed by atoms with Crippen LogP contribution in [-0.2, 0) is 12.0 Å². The number of aromatic nitrogens is 1.